The zero-order chi connectivity index (χ0) is 9.10. The summed E-state index contributed by atoms with van der Waals surface area (Å²) < 4.78 is 4.82. The van der Waals surface area contributed by atoms with E-state index < -0.39 is 0 Å². The van der Waals surface area contributed by atoms with Crippen LogP contribution in [0.5, 0.6) is 0 Å². The molecule has 3 aliphatic carbocycles. The third kappa shape index (κ3) is 0.725. The lowest BCUT2D eigenvalue weighted by molar-refractivity contribution is -0.250. The van der Waals surface area contributed by atoms with Crippen molar-refractivity contribution in [3.63, 3.8) is 0 Å². The fourth-order valence-corrected chi connectivity index (χ4v) is 3.45. The molecule has 0 unspecified atom stereocenters. The summed E-state index contributed by atoms with van der Waals surface area (Å²) in [7, 11) is 1.50. The Morgan fingerprint density at radius 3 is 2.38 bits per heavy atom. The number of carbonyl (C=O) groups is 1. The maximum absolute atomic E-state index is 11.4. The molecule has 3 saturated carbocycles. The first-order valence-electron chi connectivity index (χ1n) is 5.00. The molecule has 0 aromatic heterocycles. The van der Waals surface area contributed by atoms with Crippen molar-refractivity contribution in [2.45, 2.75) is 19.3 Å². The Balaban J connectivity index is 1.66. The lowest BCUT2D eigenvalue weighted by Crippen LogP contribution is -2.72. The normalized spacial score (nSPS) is 47.2. The molecule has 3 heteroatoms. The summed E-state index contributed by atoms with van der Waals surface area (Å²) in [5, 5.41) is 3.30. The van der Waals surface area contributed by atoms with Gasteiger partial charge in [-0.1, -0.05) is 0 Å². The van der Waals surface area contributed by atoms with E-state index in [0.29, 0.717) is 5.41 Å². The van der Waals surface area contributed by atoms with Crippen molar-refractivity contribution in [1.82, 2.24) is 5.32 Å². The van der Waals surface area contributed by atoms with Crippen LogP contribution in [0.4, 0.5) is 0 Å². The van der Waals surface area contributed by atoms with Gasteiger partial charge in [-0.2, -0.15) is 0 Å². The zero-order valence-corrected chi connectivity index (χ0v) is 7.93. The van der Waals surface area contributed by atoms with E-state index in [0.717, 1.165) is 38.3 Å². The van der Waals surface area contributed by atoms with Crippen molar-refractivity contribution in [1.29, 1.82) is 0 Å². The number of ether oxygens (including phenoxy) is 1. The second-order valence-electron chi connectivity index (χ2n) is 5.02. The minimum Gasteiger partial charge on any atom is -0.469 e. The molecular formula is C10H15NO2. The number of methoxy groups -OCH3 is 1. The van der Waals surface area contributed by atoms with Gasteiger partial charge in [0.2, 0.25) is 0 Å². The first-order valence-corrected chi connectivity index (χ1v) is 5.00. The van der Waals surface area contributed by atoms with Gasteiger partial charge in [0.25, 0.3) is 0 Å². The number of hydrogen-bond acceptors (Lipinski definition) is 3. The molecule has 1 aliphatic heterocycles. The van der Waals surface area contributed by atoms with Crippen molar-refractivity contribution >= 4 is 5.97 Å². The molecule has 1 N–H and O–H groups in total. The number of rotatable bonds is 2. The molecule has 4 aliphatic rings. The fourth-order valence-electron chi connectivity index (χ4n) is 3.45. The van der Waals surface area contributed by atoms with Gasteiger partial charge in [0, 0.05) is 0 Å². The Hall–Kier alpha value is -0.570. The second kappa shape index (κ2) is 2.08. The van der Waals surface area contributed by atoms with E-state index in [-0.39, 0.29) is 11.4 Å². The van der Waals surface area contributed by atoms with Crippen molar-refractivity contribution in [3.8, 4) is 0 Å². The molecule has 1 saturated heterocycles. The first kappa shape index (κ1) is 7.80. The van der Waals surface area contributed by atoms with Crippen LogP contribution in [0.2, 0.25) is 0 Å². The molecule has 2 bridgehead atoms. The topological polar surface area (TPSA) is 38.3 Å². The predicted molar refractivity (Wildman–Crippen MR) is 47.1 cm³/mol. The van der Waals surface area contributed by atoms with Crippen LogP contribution >= 0.6 is 0 Å². The van der Waals surface area contributed by atoms with Gasteiger partial charge in [0.1, 0.15) is 0 Å². The highest BCUT2D eigenvalue weighted by Gasteiger charge is 2.74. The summed E-state index contributed by atoms with van der Waals surface area (Å²) in [5.41, 5.74) is 0.504. The van der Waals surface area contributed by atoms with Crippen molar-refractivity contribution in [2.75, 3.05) is 20.2 Å². The molecule has 4 fully saturated rings. The van der Waals surface area contributed by atoms with Crippen LogP contribution in [0, 0.1) is 16.7 Å². The molecule has 0 amide bonds. The highest BCUT2D eigenvalue weighted by Crippen LogP contribution is 2.76. The van der Waals surface area contributed by atoms with Crippen molar-refractivity contribution in [2.24, 2.45) is 16.7 Å². The van der Waals surface area contributed by atoms with E-state index >= 15 is 0 Å². The van der Waals surface area contributed by atoms with Crippen molar-refractivity contribution in [3.05, 3.63) is 0 Å². The average molecular weight is 181 g/mol. The number of hydrogen-bond donors (Lipinski definition) is 1. The summed E-state index contributed by atoms with van der Waals surface area (Å²) in [4.78, 5) is 11.4. The van der Waals surface area contributed by atoms with Gasteiger partial charge in [0.05, 0.1) is 12.5 Å². The Bertz CT molecular complexity index is 250. The monoisotopic (exact) mass is 181 g/mol. The highest BCUT2D eigenvalue weighted by atomic mass is 16.5. The summed E-state index contributed by atoms with van der Waals surface area (Å²) in [6.07, 6.45) is 3.29. The average Bonchev–Trinajstić information content (AvgIpc) is 1.87. The first-order chi connectivity index (χ1) is 6.21. The molecule has 0 spiro atoms. The van der Waals surface area contributed by atoms with Crippen LogP contribution in [0.3, 0.4) is 0 Å². The Labute approximate surface area is 77.8 Å². The van der Waals surface area contributed by atoms with Gasteiger partial charge >= 0.3 is 5.97 Å². The number of carbonyl (C=O) groups excluding carboxylic acids is 1. The zero-order valence-electron chi connectivity index (χ0n) is 7.93. The predicted octanol–water partition coefficient (Wildman–Crippen LogP) is 0.549. The summed E-state index contributed by atoms with van der Waals surface area (Å²) in [5.74, 6) is 0.876. The summed E-state index contributed by atoms with van der Waals surface area (Å²) in [6.45, 7) is 2.33. The summed E-state index contributed by atoms with van der Waals surface area (Å²) in [6, 6.07) is 0. The minimum atomic E-state index is -0.0374. The Morgan fingerprint density at radius 2 is 2.00 bits per heavy atom. The molecule has 4 rings (SSSR count). The van der Waals surface area contributed by atoms with Crippen LogP contribution in [0.15, 0.2) is 0 Å². The van der Waals surface area contributed by atoms with Crippen LogP contribution < -0.4 is 5.32 Å². The molecule has 3 nitrogen and oxygen atoms in total. The van der Waals surface area contributed by atoms with E-state index in [1.54, 1.807) is 0 Å². The lowest BCUT2D eigenvalue weighted by Gasteiger charge is -2.72. The third-order valence-corrected chi connectivity index (χ3v) is 4.34. The van der Waals surface area contributed by atoms with Gasteiger partial charge in [-0.3, -0.25) is 4.79 Å². The maximum atomic E-state index is 11.4. The Morgan fingerprint density at radius 1 is 1.38 bits per heavy atom. The van der Waals surface area contributed by atoms with Gasteiger partial charge < -0.3 is 10.1 Å². The van der Waals surface area contributed by atoms with Gasteiger partial charge in [-0.05, 0) is 43.7 Å². The van der Waals surface area contributed by atoms with E-state index in [2.05, 4.69) is 5.32 Å². The smallest absolute Gasteiger partial charge is 0.311 e. The van der Waals surface area contributed by atoms with Gasteiger partial charge in [-0.25, -0.2) is 0 Å². The van der Waals surface area contributed by atoms with E-state index in [1.807, 2.05) is 0 Å². The quantitative estimate of drug-likeness (QED) is 0.632. The van der Waals surface area contributed by atoms with Gasteiger partial charge in [0.15, 0.2) is 0 Å². The third-order valence-electron chi connectivity index (χ3n) is 4.34. The minimum absolute atomic E-state index is 0.0293. The van der Waals surface area contributed by atoms with Gasteiger partial charge in [-0.15, -0.1) is 0 Å². The van der Waals surface area contributed by atoms with Crippen LogP contribution in [0.1, 0.15) is 19.3 Å². The van der Waals surface area contributed by atoms with Crippen LogP contribution in [0.25, 0.3) is 0 Å². The summed E-state index contributed by atoms with van der Waals surface area (Å²) >= 11 is 0. The van der Waals surface area contributed by atoms with Crippen LogP contribution in [-0.4, -0.2) is 26.2 Å². The molecule has 13 heavy (non-hydrogen) atoms. The SMILES string of the molecule is COC(=O)C12CC(C3CNC3)(C1)C2. The van der Waals surface area contributed by atoms with E-state index in [9.17, 15) is 4.79 Å². The van der Waals surface area contributed by atoms with Crippen LogP contribution in [-0.2, 0) is 9.53 Å². The van der Waals surface area contributed by atoms with E-state index in [4.69, 9.17) is 4.74 Å². The molecule has 0 atom stereocenters. The molecular weight excluding hydrogens is 166 g/mol. The van der Waals surface area contributed by atoms with E-state index in [1.165, 1.54) is 7.11 Å². The number of esters is 1. The standard InChI is InChI=1S/C10H15NO2/c1-13-8(12)10-4-9(5-10,6-10)7-2-11-3-7/h7,11H,2-6H2,1H3. The van der Waals surface area contributed by atoms with Crippen molar-refractivity contribution < 1.29 is 9.53 Å². The highest BCUT2D eigenvalue weighted by molar-refractivity contribution is 5.81. The molecule has 0 radical (unpaired) electrons. The molecule has 72 valence electrons. The number of nitrogens with one attached hydrogen (secondary N) is 1. The lowest BCUT2D eigenvalue weighted by atomic mass is 9.31. The molecule has 0 aromatic carbocycles. The molecule has 0 aromatic rings. The second-order valence-corrected chi connectivity index (χ2v) is 5.02. The molecule has 1 heterocycles. The largest absolute Gasteiger partial charge is 0.469 e. The Kier molecular flexibility index (Phi) is 1.25. The maximum Gasteiger partial charge on any atom is 0.311 e. The fraction of sp³-hybridized carbons (Fsp3) is 0.900.